The third-order valence-electron chi connectivity index (χ3n) is 2.35. The minimum absolute atomic E-state index is 0.0244. The normalized spacial score (nSPS) is 11.9. The van der Waals surface area contributed by atoms with Crippen molar-refractivity contribution in [3.63, 3.8) is 0 Å². The van der Waals surface area contributed by atoms with Gasteiger partial charge in [0.2, 0.25) is 5.91 Å². The Hall–Kier alpha value is -0.750. The number of alkyl halides is 2. The zero-order chi connectivity index (χ0) is 13.5. The van der Waals surface area contributed by atoms with E-state index in [2.05, 4.69) is 4.74 Å². The Kier molecular flexibility index (Phi) is 7.22. The van der Waals surface area contributed by atoms with Gasteiger partial charge in [0.15, 0.2) is 0 Å². The number of nitrogens with zero attached hydrogens (tertiary/aromatic N) is 1. The van der Waals surface area contributed by atoms with Gasteiger partial charge < -0.3 is 15.4 Å². The molecule has 0 radical (unpaired) electrons. The van der Waals surface area contributed by atoms with Crippen LogP contribution in [0.4, 0.5) is 8.78 Å². The largest absolute Gasteiger partial charge is 0.375 e. The maximum Gasteiger partial charge on any atom is 0.261 e. The Bertz CT molecular complexity index is 236. The molecule has 0 aliphatic rings. The standard InChI is InChI=1S/C11H22F2N2O2/c1-11(2,7-14)8-15(3)10(16)4-5-17-6-9(12)13/h9H,4-8,14H2,1-3H3. The molecule has 0 unspecified atom stereocenters. The lowest BCUT2D eigenvalue weighted by Crippen LogP contribution is -2.40. The number of amides is 1. The van der Waals surface area contributed by atoms with Crippen LogP contribution < -0.4 is 5.73 Å². The average Bonchev–Trinajstić information content (AvgIpc) is 2.23. The Morgan fingerprint density at radius 2 is 2.06 bits per heavy atom. The number of hydrogen-bond acceptors (Lipinski definition) is 3. The van der Waals surface area contributed by atoms with Crippen LogP contribution in [0, 0.1) is 5.41 Å². The third kappa shape index (κ3) is 8.04. The second-order valence-electron chi connectivity index (χ2n) is 4.83. The molecule has 0 aliphatic carbocycles. The fourth-order valence-corrected chi connectivity index (χ4v) is 1.32. The highest BCUT2D eigenvalue weighted by Crippen LogP contribution is 2.14. The molecule has 0 rings (SSSR count). The van der Waals surface area contributed by atoms with Gasteiger partial charge in [0, 0.05) is 13.6 Å². The Morgan fingerprint density at radius 3 is 2.53 bits per heavy atom. The monoisotopic (exact) mass is 252 g/mol. The molecule has 2 N–H and O–H groups in total. The van der Waals surface area contributed by atoms with Crippen LogP contribution in [0.1, 0.15) is 20.3 Å². The topological polar surface area (TPSA) is 55.6 Å². The van der Waals surface area contributed by atoms with Crippen molar-refractivity contribution in [3.8, 4) is 0 Å². The maximum atomic E-state index is 11.8. The van der Waals surface area contributed by atoms with Crippen LogP contribution in [0.5, 0.6) is 0 Å². The van der Waals surface area contributed by atoms with Gasteiger partial charge in [-0.05, 0) is 12.0 Å². The summed E-state index contributed by atoms with van der Waals surface area (Å²) in [6, 6.07) is 0. The van der Waals surface area contributed by atoms with Crippen molar-refractivity contribution in [1.29, 1.82) is 0 Å². The summed E-state index contributed by atoms with van der Waals surface area (Å²) in [6.45, 7) is 4.35. The van der Waals surface area contributed by atoms with Crippen molar-refractivity contribution in [3.05, 3.63) is 0 Å². The van der Waals surface area contributed by atoms with E-state index < -0.39 is 13.0 Å². The zero-order valence-corrected chi connectivity index (χ0v) is 10.7. The maximum absolute atomic E-state index is 11.8. The molecule has 0 aromatic heterocycles. The van der Waals surface area contributed by atoms with Crippen molar-refractivity contribution in [2.24, 2.45) is 11.1 Å². The summed E-state index contributed by atoms with van der Waals surface area (Å²) in [5, 5.41) is 0. The molecular formula is C11H22F2N2O2. The Morgan fingerprint density at radius 1 is 1.47 bits per heavy atom. The van der Waals surface area contributed by atoms with Gasteiger partial charge in [-0.3, -0.25) is 4.79 Å². The molecule has 0 saturated carbocycles. The summed E-state index contributed by atoms with van der Waals surface area (Å²) < 4.78 is 28.2. The summed E-state index contributed by atoms with van der Waals surface area (Å²) >= 11 is 0. The minimum Gasteiger partial charge on any atom is -0.375 e. The van der Waals surface area contributed by atoms with Gasteiger partial charge in [0.1, 0.15) is 6.61 Å². The molecule has 0 atom stereocenters. The second-order valence-corrected chi connectivity index (χ2v) is 4.83. The summed E-state index contributed by atoms with van der Waals surface area (Å²) in [5.41, 5.74) is 5.42. The number of nitrogens with two attached hydrogens (primary N) is 1. The molecule has 17 heavy (non-hydrogen) atoms. The minimum atomic E-state index is -2.49. The molecule has 0 aliphatic heterocycles. The molecule has 0 heterocycles. The lowest BCUT2D eigenvalue weighted by molar-refractivity contribution is -0.132. The van der Waals surface area contributed by atoms with E-state index in [1.165, 1.54) is 0 Å². The van der Waals surface area contributed by atoms with Crippen molar-refractivity contribution in [2.45, 2.75) is 26.7 Å². The predicted octanol–water partition coefficient (Wildman–Crippen LogP) is 1.10. The van der Waals surface area contributed by atoms with E-state index in [4.69, 9.17) is 5.73 Å². The Balaban J connectivity index is 3.83. The van der Waals surface area contributed by atoms with Gasteiger partial charge in [0.05, 0.1) is 13.0 Å². The molecule has 0 aromatic carbocycles. The van der Waals surface area contributed by atoms with Crippen LogP contribution in [0.2, 0.25) is 0 Å². The zero-order valence-electron chi connectivity index (χ0n) is 10.7. The van der Waals surface area contributed by atoms with Crippen molar-refractivity contribution in [2.75, 3.05) is 33.4 Å². The van der Waals surface area contributed by atoms with E-state index in [-0.39, 0.29) is 24.3 Å². The van der Waals surface area contributed by atoms with Gasteiger partial charge in [-0.1, -0.05) is 13.8 Å². The van der Waals surface area contributed by atoms with E-state index in [1.54, 1.807) is 11.9 Å². The third-order valence-corrected chi connectivity index (χ3v) is 2.35. The highest BCUT2D eigenvalue weighted by atomic mass is 19.3. The average molecular weight is 252 g/mol. The van der Waals surface area contributed by atoms with Gasteiger partial charge in [-0.2, -0.15) is 0 Å². The van der Waals surface area contributed by atoms with Crippen LogP contribution in [-0.4, -0.2) is 50.6 Å². The molecular weight excluding hydrogens is 230 g/mol. The van der Waals surface area contributed by atoms with E-state index in [1.807, 2.05) is 13.8 Å². The lowest BCUT2D eigenvalue weighted by Gasteiger charge is -2.29. The molecule has 1 amide bonds. The van der Waals surface area contributed by atoms with Gasteiger partial charge >= 0.3 is 0 Å². The summed E-state index contributed by atoms with van der Waals surface area (Å²) in [6.07, 6.45) is -2.37. The number of carbonyl (C=O) groups excluding carboxylic acids is 1. The smallest absolute Gasteiger partial charge is 0.261 e. The van der Waals surface area contributed by atoms with Crippen LogP contribution in [0.3, 0.4) is 0 Å². The number of hydrogen-bond donors (Lipinski definition) is 1. The van der Waals surface area contributed by atoms with Gasteiger partial charge in [-0.15, -0.1) is 0 Å². The highest BCUT2D eigenvalue weighted by Gasteiger charge is 2.20. The molecule has 102 valence electrons. The lowest BCUT2D eigenvalue weighted by atomic mass is 9.93. The highest BCUT2D eigenvalue weighted by molar-refractivity contribution is 5.76. The van der Waals surface area contributed by atoms with E-state index in [9.17, 15) is 13.6 Å². The number of ether oxygens (including phenoxy) is 1. The van der Waals surface area contributed by atoms with Gasteiger partial charge in [-0.25, -0.2) is 8.78 Å². The number of carbonyl (C=O) groups is 1. The van der Waals surface area contributed by atoms with Crippen LogP contribution >= 0.6 is 0 Å². The van der Waals surface area contributed by atoms with E-state index in [0.29, 0.717) is 13.1 Å². The first-order valence-corrected chi connectivity index (χ1v) is 5.58. The Labute approximate surface area is 101 Å². The van der Waals surface area contributed by atoms with Crippen LogP contribution in [-0.2, 0) is 9.53 Å². The quantitative estimate of drug-likeness (QED) is 0.658. The van der Waals surface area contributed by atoms with Crippen LogP contribution in [0.15, 0.2) is 0 Å². The first-order chi connectivity index (χ1) is 7.78. The summed E-state index contributed by atoms with van der Waals surface area (Å²) in [7, 11) is 1.67. The first-order valence-electron chi connectivity index (χ1n) is 5.58. The van der Waals surface area contributed by atoms with Gasteiger partial charge in [0.25, 0.3) is 6.43 Å². The summed E-state index contributed by atoms with van der Waals surface area (Å²) in [4.78, 5) is 13.2. The molecule has 6 heteroatoms. The van der Waals surface area contributed by atoms with E-state index in [0.717, 1.165) is 0 Å². The van der Waals surface area contributed by atoms with Crippen molar-refractivity contribution < 1.29 is 18.3 Å². The molecule has 0 spiro atoms. The molecule has 4 nitrogen and oxygen atoms in total. The fraction of sp³-hybridized carbons (Fsp3) is 0.909. The number of rotatable bonds is 8. The molecule has 0 bridgehead atoms. The van der Waals surface area contributed by atoms with Crippen molar-refractivity contribution >= 4 is 5.91 Å². The molecule has 0 fully saturated rings. The molecule has 0 aromatic rings. The second kappa shape index (κ2) is 7.55. The predicted molar refractivity (Wildman–Crippen MR) is 61.9 cm³/mol. The van der Waals surface area contributed by atoms with Crippen molar-refractivity contribution in [1.82, 2.24) is 4.90 Å². The number of halogens is 2. The SMILES string of the molecule is CN(CC(C)(C)CN)C(=O)CCOCC(F)F. The molecule has 0 saturated heterocycles. The fourth-order valence-electron chi connectivity index (χ4n) is 1.32. The summed E-state index contributed by atoms with van der Waals surface area (Å²) in [5.74, 6) is -0.124. The van der Waals surface area contributed by atoms with E-state index >= 15 is 0 Å². The van der Waals surface area contributed by atoms with Crippen LogP contribution in [0.25, 0.3) is 0 Å². The first kappa shape index (κ1) is 16.2.